The van der Waals surface area contributed by atoms with Crippen molar-refractivity contribution in [2.75, 3.05) is 12.8 Å². The number of nitrogens with two attached hydrogens (primary N) is 2. The van der Waals surface area contributed by atoms with E-state index in [1.807, 2.05) is 24.3 Å². The fourth-order valence-electron chi connectivity index (χ4n) is 2.19. The number of nitrogens with zero attached hydrogens (tertiary/aromatic N) is 1. The van der Waals surface area contributed by atoms with Crippen LogP contribution in [0.4, 0.5) is 5.13 Å². The second-order valence-corrected chi connectivity index (χ2v) is 5.56. The summed E-state index contributed by atoms with van der Waals surface area (Å²) >= 11 is 1.25. The third kappa shape index (κ3) is 2.37. The number of H-pyrrole nitrogens is 1. The lowest BCUT2D eigenvalue weighted by atomic mass is 10.1. The zero-order chi connectivity index (χ0) is 15.0. The van der Waals surface area contributed by atoms with E-state index in [1.54, 1.807) is 0 Å². The fourth-order valence-corrected chi connectivity index (χ4v) is 2.98. The van der Waals surface area contributed by atoms with Crippen molar-refractivity contribution in [1.82, 2.24) is 9.97 Å². The van der Waals surface area contributed by atoms with Crippen molar-refractivity contribution >= 4 is 33.3 Å². The molecule has 5 N–H and O–H groups in total. The summed E-state index contributed by atoms with van der Waals surface area (Å²) in [6, 6.07) is 7.89. The predicted octanol–water partition coefficient (Wildman–Crippen LogP) is 2.12. The van der Waals surface area contributed by atoms with Crippen molar-refractivity contribution in [1.29, 1.82) is 0 Å². The lowest BCUT2D eigenvalue weighted by Crippen LogP contribution is -2.03. The van der Waals surface area contributed by atoms with Gasteiger partial charge in [-0.05, 0) is 23.8 Å². The van der Waals surface area contributed by atoms with Crippen LogP contribution < -0.4 is 11.5 Å². The van der Waals surface area contributed by atoms with E-state index in [0.717, 1.165) is 22.2 Å². The number of hydrogen-bond acceptors (Lipinski definition) is 6. The van der Waals surface area contributed by atoms with Gasteiger partial charge in [-0.2, -0.15) is 0 Å². The summed E-state index contributed by atoms with van der Waals surface area (Å²) in [6.07, 6.45) is 0. The molecule has 0 saturated heterocycles. The van der Waals surface area contributed by atoms with Gasteiger partial charge in [0.2, 0.25) is 0 Å². The Morgan fingerprint density at radius 3 is 2.95 bits per heavy atom. The van der Waals surface area contributed by atoms with Crippen LogP contribution in [0.5, 0.6) is 0 Å². The molecule has 0 saturated carbocycles. The number of carbonyl (C=O) groups excluding carboxylic acids is 1. The van der Waals surface area contributed by atoms with E-state index in [2.05, 4.69) is 9.97 Å². The number of methoxy groups -OCH3 is 1. The maximum atomic E-state index is 11.8. The zero-order valence-corrected chi connectivity index (χ0v) is 12.2. The molecule has 2 aromatic heterocycles. The third-order valence-electron chi connectivity index (χ3n) is 3.19. The Labute approximate surface area is 124 Å². The minimum absolute atomic E-state index is 0.227. The monoisotopic (exact) mass is 302 g/mol. The van der Waals surface area contributed by atoms with Gasteiger partial charge in [0.25, 0.3) is 0 Å². The highest BCUT2D eigenvalue weighted by Gasteiger charge is 2.20. The first-order valence-corrected chi connectivity index (χ1v) is 7.10. The van der Waals surface area contributed by atoms with E-state index >= 15 is 0 Å². The molecule has 0 aliphatic rings. The SMILES string of the molecule is COC(=O)c1nc(N)sc1-c1cc2cc(CN)ccc2[nH]1. The van der Waals surface area contributed by atoms with Crippen molar-refractivity contribution < 1.29 is 9.53 Å². The van der Waals surface area contributed by atoms with Crippen LogP contribution in [-0.4, -0.2) is 23.0 Å². The number of esters is 1. The molecule has 0 radical (unpaired) electrons. The molecule has 3 rings (SSSR count). The maximum absolute atomic E-state index is 11.8. The van der Waals surface area contributed by atoms with Crippen LogP contribution in [0, 0.1) is 0 Å². The van der Waals surface area contributed by atoms with Crippen LogP contribution in [-0.2, 0) is 11.3 Å². The molecular weight excluding hydrogens is 288 g/mol. The van der Waals surface area contributed by atoms with Gasteiger partial charge in [0.15, 0.2) is 10.8 Å². The maximum Gasteiger partial charge on any atom is 0.358 e. The van der Waals surface area contributed by atoms with Gasteiger partial charge >= 0.3 is 5.97 Å². The molecule has 6 nitrogen and oxygen atoms in total. The normalized spacial score (nSPS) is 11.0. The van der Waals surface area contributed by atoms with E-state index < -0.39 is 5.97 Å². The van der Waals surface area contributed by atoms with Gasteiger partial charge in [-0.15, -0.1) is 0 Å². The molecule has 1 aromatic carbocycles. The number of fused-ring (bicyclic) bond motifs is 1. The van der Waals surface area contributed by atoms with Crippen LogP contribution >= 0.6 is 11.3 Å². The first-order chi connectivity index (χ1) is 10.1. The van der Waals surface area contributed by atoms with Gasteiger partial charge in [0.05, 0.1) is 17.7 Å². The summed E-state index contributed by atoms with van der Waals surface area (Å²) in [4.78, 5) is 19.7. The lowest BCUT2D eigenvalue weighted by molar-refractivity contribution is 0.0596. The Morgan fingerprint density at radius 1 is 1.43 bits per heavy atom. The molecule has 21 heavy (non-hydrogen) atoms. The number of hydrogen-bond donors (Lipinski definition) is 3. The topological polar surface area (TPSA) is 107 Å². The van der Waals surface area contributed by atoms with Crippen molar-refractivity contribution in [3.63, 3.8) is 0 Å². The number of thiazole rings is 1. The van der Waals surface area contributed by atoms with Gasteiger partial charge in [0, 0.05) is 17.4 Å². The average molecular weight is 302 g/mol. The van der Waals surface area contributed by atoms with Gasteiger partial charge in [0.1, 0.15) is 0 Å². The first-order valence-electron chi connectivity index (χ1n) is 6.29. The van der Waals surface area contributed by atoms with Crippen LogP contribution in [0.3, 0.4) is 0 Å². The van der Waals surface area contributed by atoms with E-state index in [-0.39, 0.29) is 5.69 Å². The van der Waals surface area contributed by atoms with Crippen LogP contribution in [0.1, 0.15) is 16.1 Å². The van der Waals surface area contributed by atoms with E-state index in [1.165, 1.54) is 18.4 Å². The Balaban J connectivity index is 2.14. The van der Waals surface area contributed by atoms with Crippen molar-refractivity contribution in [2.24, 2.45) is 5.73 Å². The van der Waals surface area contributed by atoms with Gasteiger partial charge < -0.3 is 21.2 Å². The molecule has 0 fully saturated rings. The van der Waals surface area contributed by atoms with Gasteiger partial charge in [-0.1, -0.05) is 17.4 Å². The number of anilines is 1. The zero-order valence-electron chi connectivity index (χ0n) is 11.3. The summed E-state index contributed by atoms with van der Waals surface area (Å²) in [7, 11) is 1.32. The molecule has 108 valence electrons. The highest BCUT2D eigenvalue weighted by atomic mass is 32.1. The minimum Gasteiger partial charge on any atom is -0.464 e. The Hall–Kier alpha value is -2.38. The molecule has 0 amide bonds. The average Bonchev–Trinajstić information content (AvgIpc) is 3.08. The third-order valence-corrected chi connectivity index (χ3v) is 4.11. The quantitative estimate of drug-likeness (QED) is 0.642. The van der Waals surface area contributed by atoms with E-state index in [4.69, 9.17) is 16.2 Å². The Kier molecular flexibility index (Phi) is 3.36. The lowest BCUT2D eigenvalue weighted by Gasteiger charge is -1.97. The van der Waals surface area contributed by atoms with Crippen LogP contribution in [0.15, 0.2) is 24.3 Å². The molecule has 7 heteroatoms. The molecule has 0 spiro atoms. The highest BCUT2D eigenvalue weighted by Crippen LogP contribution is 2.33. The summed E-state index contributed by atoms with van der Waals surface area (Å²) in [5.41, 5.74) is 14.4. The molecule has 3 aromatic rings. The number of nitrogens with one attached hydrogen (secondary N) is 1. The van der Waals surface area contributed by atoms with Gasteiger partial charge in [-0.25, -0.2) is 9.78 Å². The van der Waals surface area contributed by atoms with Crippen molar-refractivity contribution in [3.05, 3.63) is 35.5 Å². The summed E-state index contributed by atoms with van der Waals surface area (Å²) < 4.78 is 4.74. The summed E-state index contributed by atoms with van der Waals surface area (Å²) in [6.45, 7) is 0.484. The molecule has 2 heterocycles. The first kappa shape index (κ1) is 13.6. The summed E-state index contributed by atoms with van der Waals surface area (Å²) in [5, 5.41) is 1.35. The number of carbonyl (C=O) groups is 1. The molecular formula is C14H14N4O2S. The highest BCUT2D eigenvalue weighted by molar-refractivity contribution is 7.19. The number of aromatic amines is 1. The molecule has 0 bridgehead atoms. The number of nitrogen functional groups attached to an aromatic ring is 1. The minimum atomic E-state index is -0.501. The number of aromatic nitrogens is 2. The van der Waals surface area contributed by atoms with E-state index in [0.29, 0.717) is 16.6 Å². The van der Waals surface area contributed by atoms with Gasteiger partial charge in [-0.3, -0.25) is 0 Å². The van der Waals surface area contributed by atoms with Crippen LogP contribution in [0.25, 0.3) is 21.5 Å². The molecule has 0 aliphatic heterocycles. The second kappa shape index (κ2) is 5.19. The largest absolute Gasteiger partial charge is 0.464 e. The smallest absolute Gasteiger partial charge is 0.358 e. The Morgan fingerprint density at radius 2 is 2.24 bits per heavy atom. The number of benzene rings is 1. The predicted molar refractivity (Wildman–Crippen MR) is 83.1 cm³/mol. The molecule has 0 aliphatic carbocycles. The standard InChI is InChI=1S/C14H14N4O2S/c1-20-13(19)11-12(21-14(16)18-11)10-5-8-4-7(6-15)2-3-9(8)17-10/h2-5,17H,6,15H2,1H3,(H2,16,18). The fraction of sp³-hybridized carbons (Fsp3) is 0.143. The molecule has 0 unspecified atom stereocenters. The summed E-state index contributed by atoms with van der Waals surface area (Å²) in [5.74, 6) is -0.501. The second-order valence-electron chi connectivity index (χ2n) is 4.53. The number of ether oxygens (including phenoxy) is 1. The Bertz CT molecular complexity index is 822. The van der Waals surface area contributed by atoms with E-state index in [9.17, 15) is 4.79 Å². The van der Waals surface area contributed by atoms with Crippen molar-refractivity contribution in [2.45, 2.75) is 6.54 Å². The molecule has 0 atom stereocenters. The number of rotatable bonds is 3. The van der Waals surface area contributed by atoms with Crippen molar-refractivity contribution in [3.8, 4) is 10.6 Å². The van der Waals surface area contributed by atoms with Crippen LogP contribution in [0.2, 0.25) is 0 Å².